The lowest BCUT2D eigenvalue weighted by Crippen LogP contribution is -3.21. The van der Waals surface area contributed by atoms with Gasteiger partial charge < -0.3 is 19.7 Å². The topological polar surface area (TPSA) is 75.1 Å². The van der Waals surface area contributed by atoms with Gasteiger partial charge in [-0.1, -0.05) is 0 Å². The largest absolute Gasteiger partial charge is 0.634 e. The van der Waals surface area contributed by atoms with Gasteiger partial charge in [0.2, 0.25) is 0 Å². The molecule has 6 nitrogen and oxygen atoms in total. The number of carbonyl (C=O) groups is 1. The van der Waals surface area contributed by atoms with E-state index >= 15 is 0 Å². The highest BCUT2D eigenvalue weighted by atomic mass is 16.6. The van der Waals surface area contributed by atoms with Gasteiger partial charge in [0, 0.05) is 0 Å². The average molecular weight is 232 g/mol. The number of quaternary nitrogens is 1. The Hall–Kier alpha value is -0.850. The Labute approximate surface area is 95.5 Å². The lowest BCUT2D eigenvalue weighted by molar-refractivity contribution is -0.929. The van der Waals surface area contributed by atoms with Crippen LogP contribution >= 0.6 is 0 Å². The SMILES string of the molecule is CC1[C@@H](OCNC(=O)OC(C)(C)C)C[NH+]1[O-]. The molecule has 2 unspecified atom stereocenters. The van der Waals surface area contributed by atoms with Gasteiger partial charge in [-0.25, -0.2) is 4.79 Å². The number of rotatable bonds is 3. The Morgan fingerprint density at radius 2 is 2.19 bits per heavy atom. The van der Waals surface area contributed by atoms with Crippen molar-refractivity contribution >= 4 is 6.09 Å². The van der Waals surface area contributed by atoms with Gasteiger partial charge in [0.15, 0.2) is 6.10 Å². The van der Waals surface area contributed by atoms with E-state index in [0.717, 1.165) is 0 Å². The fourth-order valence-electron chi connectivity index (χ4n) is 1.33. The number of nitrogens with one attached hydrogen (secondary N) is 2. The molecule has 2 N–H and O–H groups in total. The van der Waals surface area contributed by atoms with Crippen molar-refractivity contribution in [2.24, 2.45) is 0 Å². The molecule has 94 valence electrons. The first-order chi connectivity index (χ1) is 7.29. The van der Waals surface area contributed by atoms with Crippen LogP contribution in [0, 0.1) is 5.21 Å². The Bertz CT molecular complexity index is 252. The molecule has 0 aliphatic carbocycles. The van der Waals surface area contributed by atoms with Gasteiger partial charge in [-0.15, -0.1) is 0 Å². The molecular weight excluding hydrogens is 212 g/mol. The summed E-state index contributed by atoms with van der Waals surface area (Å²) in [4.78, 5) is 11.2. The Morgan fingerprint density at radius 1 is 1.56 bits per heavy atom. The van der Waals surface area contributed by atoms with Gasteiger partial charge in [-0.05, 0) is 27.7 Å². The Morgan fingerprint density at radius 3 is 2.62 bits per heavy atom. The van der Waals surface area contributed by atoms with E-state index in [0.29, 0.717) is 6.54 Å². The van der Waals surface area contributed by atoms with Crippen molar-refractivity contribution in [1.82, 2.24) is 5.32 Å². The zero-order valence-corrected chi connectivity index (χ0v) is 10.2. The highest BCUT2D eigenvalue weighted by molar-refractivity contribution is 5.67. The quantitative estimate of drug-likeness (QED) is 0.514. The van der Waals surface area contributed by atoms with Gasteiger partial charge >= 0.3 is 6.09 Å². The van der Waals surface area contributed by atoms with Crippen LogP contribution in [0.25, 0.3) is 0 Å². The summed E-state index contributed by atoms with van der Waals surface area (Å²) in [5.74, 6) is 0. The number of carbonyl (C=O) groups excluding carboxylic acids is 1. The van der Waals surface area contributed by atoms with Crippen LogP contribution < -0.4 is 10.4 Å². The van der Waals surface area contributed by atoms with Gasteiger partial charge in [0.05, 0.1) is 0 Å². The molecule has 0 aromatic rings. The van der Waals surface area contributed by atoms with E-state index in [9.17, 15) is 10.0 Å². The normalized spacial score (nSPS) is 29.4. The van der Waals surface area contributed by atoms with Crippen molar-refractivity contribution in [2.45, 2.75) is 45.4 Å². The molecular formula is C10H20N2O4. The van der Waals surface area contributed by atoms with E-state index in [1.165, 1.54) is 0 Å². The molecule has 1 amide bonds. The molecule has 1 aliphatic heterocycles. The molecule has 0 radical (unpaired) electrons. The van der Waals surface area contributed by atoms with E-state index in [2.05, 4.69) is 5.32 Å². The van der Waals surface area contributed by atoms with Crippen molar-refractivity contribution in [2.75, 3.05) is 13.3 Å². The summed E-state index contributed by atoms with van der Waals surface area (Å²) < 4.78 is 10.3. The second-order valence-corrected chi connectivity index (χ2v) is 4.99. The third-order valence-corrected chi connectivity index (χ3v) is 2.38. The summed E-state index contributed by atoms with van der Waals surface area (Å²) in [5.41, 5.74) is -0.510. The second kappa shape index (κ2) is 4.99. The monoisotopic (exact) mass is 232 g/mol. The smallest absolute Gasteiger partial charge is 0.409 e. The predicted molar refractivity (Wildman–Crippen MR) is 57.8 cm³/mol. The van der Waals surface area contributed by atoms with Crippen molar-refractivity contribution in [3.8, 4) is 0 Å². The zero-order valence-electron chi connectivity index (χ0n) is 10.2. The number of ether oxygens (including phenoxy) is 2. The Kier molecular flexibility index (Phi) is 4.12. The molecule has 1 fully saturated rings. The van der Waals surface area contributed by atoms with Crippen molar-refractivity contribution in [3.63, 3.8) is 0 Å². The maximum absolute atomic E-state index is 11.2. The standard InChI is InChI=1S/C10H20N2O4/c1-7-8(5-12(7)14)15-6-11-9(13)16-10(2,3)4/h7-8,12H,5-6H2,1-4H3,(H,11,13)/t7?,8-/m0/s1. The minimum atomic E-state index is -0.510. The highest BCUT2D eigenvalue weighted by Crippen LogP contribution is 2.06. The molecule has 1 saturated heterocycles. The van der Waals surface area contributed by atoms with Crippen molar-refractivity contribution < 1.29 is 19.3 Å². The highest BCUT2D eigenvalue weighted by Gasteiger charge is 2.36. The Balaban J connectivity index is 2.10. The number of hydrogen-bond acceptors (Lipinski definition) is 4. The van der Waals surface area contributed by atoms with Gasteiger partial charge in [0.1, 0.15) is 24.9 Å². The molecule has 0 aromatic carbocycles. The van der Waals surface area contributed by atoms with E-state index in [-0.39, 0.29) is 23.9 Å². The van der Waals surface area contributed by atoms with E-state index in [1.807, 2.05) is 6.92 Å². The summed E-state index contributed by atoms with van der Waals surface area (Å²) in [5, 5.41) is 13.6. The zero-order chi connectivity index (χ0) is 12.3. The number of amides is 1. The minimum absolute atomic E-state index is 0.0552. The average Bonchev–Trinajstić information content (AvgIpc) is 2.13. The molecule has 0 spiro atoms. The van der Waals surface area contributed by atoms with Crippen LogP contribution in [0.1, 0.15) is 27.7 Å². The predicted octanol–water partition coefficient (Wildman–Crippen LogP) is -0.361. The van der Waals surface area contributed by atoms with Gasteiger partial charge in [0.25, 0.3) is 0 Å². The van der Waals surface area contributed by atoms with E-state index < -0.39 is 11.7 Å². The lowest BCUT2D eigenvalue weighted by Gasteiger charge is -2.44. The summed E-state index contributed by atoms with van der Waals surface area (Å²) in [7, 11) is 0. The summed E-state index contributed by atoms with van der Waals surface area (Å²) in [6.07, 6.45) is -0.576. The maximum Gasteiger partial charge on any atom is 0.409 e. The summed E-state index contributed by atoms with van der Waals surface area (Å²) >= 11 is 0. The summed E-state index contributed by atoms with van der Waals surface area (Å²) in [6, 6.07) is -0.0552. The van der Waals surface area contributed by atoms with Gasteiger partial charge in [-0.3, -0.25) is 5.32 Å². The first-order valence-electron chi connectivity index (χ1n) is 5.41. The van der Waals surface area contributed by atoms with Crippen LogP contribution in [0.3, 0.4) is 0 Å². The molecule has 0 aromatic heterocycles. The molecule has 0 saturated carbocycles. The first kappa shape index (κ1) is 13.2. The third kappa shape index (κ3) is 3.96. The van der Waals surface area contributed by atoms with Crippen LogP contribution in [0.15, 0.2) is 0 Å². The second-order valence-electron chi connectivity index (χ2n) is 4.99. The molecule has 1 heterocycles. The molecule has 6 heteroatoms. The van der Waals surface area contributed by atoms with Crippen molar-refractivity contribution in [1.29, 1.82) is 0 Å². The maximum atomic E-state index is 11.2. The van der Waals surface area contributed by atoms with Crippen LogP contribution in [0.2, 0.25) is 0 Å². The van der Waals surface area contributed by atoms with Crippen molar-refractivity contribution in [3.05, 3.63) is 5.21 Å². The lowest BCUT2D eigenvalue weighted by atomic mass is 10.1. The van der Waals surface area contributed by atoms with Crippen LogP contribution in [-0.2, 0) is 9.47 Å². The molecule has 1 rings (SSSR count). The molecule has 1 aliphatic rings. The minimum Gasteiger partial charge on any atom is -0.634 e. The van der Waals surface area contributed by atoms with Crippen LogP contribution in [0.5, 0.6) is 0 Å². The molecule has 3 atom stereocenters. The molecule has 16 heavy (non-hydrogen) atoms. The fraction of sp³-hybridized carbons (Fsp3) is 0.900. The molecule has 0 bridgehead atoms. The van der Waals surface area contributed by atoms with E-state index in [1.54, 1.807) is 20.8 Å². The summed E-state index contributed by atoms with van der Waals surface area (Å²) in [6.45, 7) is 7.72. The first-order valence-corrected chi connectivity index (χ1v) is 5.41. The fourth-order valence-corrected chi connectivity index (χ4v) is 1.33. The van der Waals surface area contributed by atoms with Crippen LogP contribution in [-0.4, -0.2) is 37.1 Å². The van der Waals surface area contributed by atoms with Crippen LogP contribution in [0.4, 0.5) is 4.79 Å². The van der Waals surface area contributed by atoms with Gasteiger partial charge in [-0.2, -0.15) is 0 Å². The van der Waals surface area contributed by atoms with E-state index in [4.69, 9.17) is 9.47 Å². The number of hydrogen-bond donors (Lipinski definition) is 2. The third-order valence-electron chi connectivity index (χ3n) is 2.38. The number of hydroxylamine groups is 2. The number of alkyl carbamates (subject to hydrolysis) is 1.